The fraction of sp³-hybridized carbons (Fsp3) is 0.364. The molecule has 1 fully saturated rings. The number of quaternary nitrogens is 1. The maximum Gasteiger partial charge on any atom is 0.287 e. The zero-order valence-corrected chi connectivity index (χ0v) is 16.2. The van der Waals surface area contributed by atoms with Crippen LogP contribution in [-0.2, 0) is 9.59 Å². The largest absolute Gasteiger partial charge is 0.348 e. The monoisotopic (exact) mass is 366 g/mol. The van der Waals surface area contributed by atoms with Crippen LogP contribution in [0, 0.1) is 13.8 Å². The molecule has 2 amide bonds. The SMILES string of the molecule is Cc1ccc(C)c(NC(=O)[C@H](c2ccccc2)[NH+](C)CC(=O)NC2CC2)c1. The van der Waals surface area contributed by atoms with E-state index in [0.717, 1.165) is 40.1 Å². The van der Waals surface area contributed by atoms with Crippen molar-refractivity contribution in [2.45, 2.75) is 38.8 Å². The number of benzene rings is 2. The summed E-state index contributed by atoms with van der Waals surface area (Å²) in [5.74, 6) is -0.109. The Kier molecular flexibility index (Phi) is 5.91. The lowest BCUT2D eigenvalue weighted by Crippen LogP contribution is -3.11. The van der Waals surface area contributed by atoms with Crippen molar-refractivity contribution < 1.29 is 14.5 Å². The molecule has 2 atom stereocenters. The Morgan fingerprint density at radius 2 is 1.81 bits per heavy atom. The normalized spacial score (nSPS) is 15.7. The van der Waals surface area contributed by atoms with Crippen molar-refractivity contribution in [1.29, 1.82) is 0 Å². The second-order valence-corrected chi connectivity index (χ2v) is 7.52. The van der Waals surface area contributed by atoms with Crippen molar-refractivity contribution in [3.63, 3.8) is 0 Å². The van der Waals surface area contributed by atoms with Gasteiger partial charge < -0.3 is 15.5 Å². The summed E-state index contributed by atoms with van der Waals surface area (Å²) in [6, 6.07) is 15.5. The average Bonchev–Trinajstić information content (AvgIpc) is 3.43. The fourth-order valence-corrected chi connectivity index (χ4v) is 3.24. The molecule has 1 unspecified atom stereocenters. The van der Waals surface area contributed by atoms with Crippen LogP contribution in [-0.4, -0.2) is 31.4 Å². The van der Waals surface area contributed by atoms with Gasteiger partial charge in [0, 0.05) is 17.3 Å². The number of carbonyl (C=O) groups is 2. The number of aryl methyl sites for hydroxylation is 2. The maximum absolute atomic E-state index is 13.2. The Hall–Kier alpha value is -2.66. The summed E-state index contributed by atoms with van der Waals surface area (Å²) < 4.78 is 0. The van der Waals surface area contributed by atoms with Crippen LogP contribution in [0.3, 0.4) is 0 Å². The number of hydrogen-bond donors (Lipinski definition) is 3. The van der Waals surface area contributed by atoms with E-state index < -0.39 is 6.04 Å². The van der Waals surface area contributed by atoms with Gasteiger partial charge in [0.2, 0.25) is 0 Å². The molecule has 1 aliphatic carbocycles. The third-order valence-electron chi connectivity index (χ3n) is 4.92. The van der Waals surface area contributed by atoms with Crippen LogP contribution in [0.4, 0.5) is 5.69 Å². The first-order chi connectivity index (χ1) is 12.9. The predicted molar refractivity (Wildman–Crippen MR) is 107 cm³/mol. The van der Waals surface area contributed by atoms with Crippen LogP contribution >= 0.6 is 0 Å². The molecule has 27 heavy (non-hydrogen) atoms. The molecule has 0 bridgehead atoms. The highest BCUT2D eigenvalue weighted by atomic mass is 16.2. The van der Waals surface area contributed by atoms with E-state index in [1.807, 2.05) is 69.4 Å². The van der Waals surface area contributed by atoms with Crippen molar-refractivity contribution in [3.05, 3.63) is 65.2 Å². The van der Waals surface area contributed by atoms with Crippen LogP contribution in [0.5, 0.6) is 0 Å². The summed E-state index contributed by atoms with van der Waals surface area (Å²) in [6.45, 7) is 4.24. The Bertz CT molecular complexity index is 816. The molecule has 3 N–H and O–H groups in total. The molecule has 142 valence electrons. The van der Waals surface area contributed by atoms with Gasteiger partial charge in [0.25, 0.3) is 11.8 Å². The number of hydrogen-bond acceptors (Lipinski definition) is 2. The molecule has 5 heteroatoms. The standard InChI is InChI=1S/C22H27N3O2/c1-15-9-10-16(2)19(13-15)24-22(27)21(17-7-5-4-6-8-17)25(3)14-20(26)23-18-11-12-18/h4-10,13,18,21H,11-12,14H2,1-3H3,(H,23,26)(H,24,27)/p+1/t21-/m0/s1. The minimum atomic E-state index is -0.462. The third-order valence-corrected chi connectivity index (χ3v) is 4.92. The molecule has 0 heterocycles. The summed E-state index contributed by atoms with van der Waals surface area (Å²) in [5, 5.41) is 6.07. The summed E-state index contributed by atoms with van der Waals surface area (Å²) in [4.78, 5) is 26.3. The summed E-state index contributed by atoms with van der Waals surface area (Å²) in [7, 11) is 1.90. The van der Waals surface area contributed by atoms with Gasteiger partial charge in [0.1, 0.15) is 0 Å². The van der Waals surface area contributed by atoms with E-state index in [4.69, 9.17) is 0 Å². The zero-order chi connectivity index (χ0) is 19.4. The molecular formula is C22H28N3O2+. The number of amides is 2. The van der Waals surface area contributed by atoms with Crippen LogP contribution in [0.1, 0.15) is 35.6 Å². The van der Waals surface area contributed by atoms with Crippen LogP contribution < -0.4 is 15.5 Å². The van der Waals surface area contributed by atoms with Crippen LogP contribution in [0.15, 0.2) is 48.5 Å². The Morgan fingerprint density at radius 3 is 2.48 bits per heavy atom. The first-order valence-electron chi connectivity index (χ1n) is 9.49. The number of carbonyl (C=O) groups excluding carboxylic acids is 2. The van der Waals surface area contributed by atoms with Crippen molar-refractivity contribution in [2.75, 3.05) is 18.9 Å². The highest BCUT2D eigenvalue weighted by Gasteiger charge is 2.32. The molecule has 0 aromatic heterocycles. The Morgan fingerprint density at radius 1 is 1.11 bits per heavy atom. The molecule has 0 spiro atoms. The van der Waals surface area contributed by atoms with E-state index in [-0.39, 0.29) is 18.4 Å². The van der Waals surface area contributed by atoms with Gasteiger partial charge in [-0.05, 0) is 43.9 Å². The molecule has 2 aromatic carbocycles. The summed E-state index contributed by atoms with van der Waals surface area (Å²) in [6.07, 6.45) is 2.11. The molecular weight excluding hydrogens is 338 g/mol. The van der Waals surface area contributed by atoms with E-state index >= 15 is 0 Å². The van der Waals surface area contributed by atoms with Gasteiger partial charge in [0.15, 0.2) is 12.6 Å². The van der Waals surface area contributed by atoms with Gasteiger partial charge in [-0.1, -0.05) is 42.5 Å². The topological polar surface area (TPSA) is 62.6 Å². The average molecular weight is 366 g/mol. The van der Waals surface area contributed by atoms with Gasteiger partial charge in [-0.25, -0.2) is 0 Å². The second kappa shape index (κ2) is 8.35. The van der Waals surface area contributed by atoms with E-state index in [1.54, 1.807) is 0 Å². The molecule has 2 aromatic rings. The number of anilines is 1. The highest BCUT2D eigenvalue weighted by Crippen LogP contribution is 2.19. The highest BCUT2D eigenvalue weighted by molar-refractivity contribution is 5.95. The van der Waals surface area contributed by atoms with E-state index in [0.29, 0.717) is 6.04 Å². The lowest BCUT2D eigenvalue weighted by molar-refractivity contribution is -0.894. The smallest absolute Gasteiger partial charge is 0.287 e. The predicted octanol–water partition coefficient (Wildman–Crippen LogP) is 1.78. The van der Waals surface area contributed by atoms with Crippen molar-refractivity contribution in [1.82, 2.24) is 5.32 Å². The third kappa shape index (κ3) is 5.17. The summed E-state index contributed by atoms with van der Waals surface area (Å²) >= 11 is 0. The molecule has 0 radical (unpaired) electrons. The van der Waals surface area contributed by atoms with Crippen molar-refractivity contribution >= 4 is 17.5 Å². The zero-order valence-electron chi connectivity index (χ0n) is 16.2. The molecule has 1 aliphatic rings. The summed E-state index contributed by atoms with van der Waals surface area (Å²) in [5.41, 5.74) is 3.83. The van der Waals surface area contributed by atoms with Gasteiger partial charge in [-0.2, -0.15) is 0 Å². The lowest BCUT2D eigenvalue weighted by atomic mass is 10.0. The second-order valence-electron chi connectivity index (χ2n) is 7.52. The van der Waals surface area contributed by atoms with E-state index in [1.165, 1.54) is 0 Å². The van der Waals surface area contributed by atoms with Gasteiger partial charge in [-0.15, -0.1) is 0 Å². The quantitative estimate of drug-likeness (QED) is 0.699. The van der Waals surface area contributed by atoms with E-state index in [2.05, 4.69) is 10.6 Å². The lowest BCUT2D eigenvalue weighted by Gasteiger charge is -2.24. The Labute approximate surface area is 160 Å². The van der Waals surface area contributed by atoms with Crippen LogP contribution in [0.2, 0.25) is 0 Å². The van der Waals surface area contributed by atoms with Gasteiger partial charge >= 0.3 is 0 Å². The number of nitrogens with one attached hydrogen (secondary N) is 3. The maximum atomic E-state index is 13.2. The minimum absolute atomic E-state index is 0.00420. The minimum Gasteiger partial charge on any atom is -0.348 e. The van der Waals surface area contributed by atoms with Gasteiger partial charge in [0.05, 0.1) is 7.05 Å². The molecule has 1 saturated carbocycles. The fourth-order valence-electron chi connectivity index (χ4n) is 3.24. The number of likely N-dealkylation sites (N-methyl/N-ethyl adjacent to an activating group) is 1. The number of rotatable bonds is 7. The molecule has 5 nitrogen and oxygen atoms in total. The van der Waals surface area contributed by atoms with Crippen molar-refractivity contribution in [2.24, 2.45) is 0 Å². The molecule has 0 saturated heterocycles. The molecule has 0 aliphatic heterocycles. The first kappa shape index (κ1) is 19.1. The van der Waals surface area contributed by atoms with Crippen LogP contribution in [0.25, 0.3) is 0 Å². The first-order valence-corrected chi connectivity index (χ1v) is 9.49. The van der Waals surface area contributed by atoms with E-state index in [9.17, 15) is 9.59 Å². The van der Waals surface area contributed by atoms with Crippen molar-refractivity contribution in [3.8, 4) is 0 Å². The van der Waals surface area contributed by atoms with Gasteiger partial charge in [-0.3, -0.25) is 9.59 Å². The molecule has 3 rings (SSSR count). The Balaban J connectivity index is 1.79.